The maximum atomic E-state index is 14.1. The van der Waals surface area contributed by atoms with Gasteiger partial charge in [0.05, 0.1) is 17.4 Å². The molecular formula is C13H8F8N2. The molecule has 0 spiro atoms. The second kappa shape index (κ2) is 4.57. The van der Waals surface area contributed by atoms with E-state index >= 15 is 0 Å². The van der Waals surface area contributed by atoms with E-state index in [4.69, 9.17) is 0 Å². The third-order valence-corrected chi connectivity index (χ3v) is 3.76. The summed E-state index contributed by atoms with van der Waals surface area (Å²) in [7, 11) is 0. The molecule has 0 N–H and O–H groups in total. The van der Waals surface area contributed by atoms with E-state index < -0.39 is 29.4 Å². The molecule has 1 aromatic carbocycles. The van der Waals surface area contributed by atoms with Gasteiger partial charge in [-0.2, -0.15) is 26.3 Å². The average Bonchev–Trinajstić information content (AvgIpc) is 3.16. The first-order valence-electron chi connectivity index (χ1n) is 6.45. The highest BCUT2D eigenvalue weighted by molar-refractivity contribution is 5.77. The molecule has 0 unspecified atom stereocenters. The Bertz CT molecular complexity index is 740. The van der Waals surface area contributed by atoms with Crippen LogP contribution in [-0.2, 0) is 5.67 Å². The normalized spacial score (nSPS) is 17.0. The molecule has 1 heterocycles. The van der Waals surface area contributed by atoms with Crippen molar-refractivity contribution in [2.45, 2.75) is 36.9 Å². The largest absolute Gasteiger partial charge is 0.436 e. The lowest BCUT2D eigenvalue weighted by Gasteiger charge is -2.30. The highest BCUT2D eigenvalue weighted by atomic mass is 19.4. The van der Waals surface area contributed by atoms with Crippen LogP contribution in [0, 0.1) is 5.82 Å². The number of hydrogen-bond donors (Lipinski definition) is 0. The lowest BCUT2D eigenvalue weighted by Crippen LogP contribution is -2.51. The molecule has 0 aliphatic heterocycles. The fourth-order valence-electron chi connectivity index (χ4n) is 2.42. The van der Waals surface area contributed by atoms with Gasteiger partial charge in [0, 0.05) is 17.7 Å². The number of benzene rings is 1. The highest BCUT2D eigenvalue weighted by Crippen LogP contribution is 2.54. The van der Waals surface area contributed by atoms with E-state index in [2.05, 4.69) is 4.98 Å². The Morgan fingerprint density at radius 2 is 1.52 bits per heavy atom. The molecule has 0 amide bonds. The van der Waals surface area contributed by atoms with Crippen LogP contribution in [0.1, 0.15) is 24.4 Å². The fraction of sp³-hybridized carbons (Fsp3) is 0.462. The molecule has 3 rings (SSSR count). The smallest absolute Gasteiger partial charge is 0.327 e. The summed E-state index contributed by atoms with van der Waals surface area (Å²) in [5, 5.41) is 0. The van der Waals surface area contributed by atoms with Crippen molar-refractivity contribution in [1.29, 1.82) is 0 Å². The molecule has 2 nitrogen and oxygen atoms in total. The van der Waals surface area contributed by atoms with Crippen molar-refractivity contribution in [2.75, 3.05) is 0 Å². The van der Waals surface area contributed by atoms with E-state index in [0.717, 1.165) is 0 Å². The van der Waals surface area contributed by atoms with Crippen molar-refractivity contribution in [1.82, 2.24) is 9.55 Å². The number of imidazole rings is 1. The van der Waals surface area contributed by atoms with Gasteiger partial charge in [0.1, 0.15) is 5.82 Å². The Kier molecular flexibility index (Phi) is 3.18. The molecule has 126 valence electrons. The zero-order chi connectivity index (χ0) is 17.2. The second-order valence-electron chi connectivity index (χ2n) is 5.36. The van der Waals surface area contributed by atoms with E-state index in [1.165, 1.54) is 10.9 Å². The molecule has 1 aromatic heterocycles. The van der Waals surface area contributed by atoms with Crippen LogP contribution in [0.3, 0.4) is 0 Å². The minimum absolute atomic E-state index is 0.134. The van der Waals surface area contributed by atoms with Crippen LogP contribution in [0.2, 0.25) is 0 Å². The van der Waals surface area contributed by atoms with Crippen LogP contribution in [-0.4, -0.2) is 21.9 Å². The maximum absolute atomic E-state index is 14.1. The SMILES string of the molecule is Fc1cc2ncn(C3CC3)c2cc1C(F)(C(F)(F)F)C(F)(F)F. The summed E-state index contributed by atoms with van der Waals surface area (Å²) < 4.78 is 106. The van der Waals surface area contributed by atoms with Gasteiger partial charge in [-0.15, -0.1) is 0 Å². The molecule has 0 saturated heterocycles. The molecule has 2 aromatic rings. The van der Waals surface area contributed by atoms with E-state index in [1.54, 1.807) is 0 Å². The van der Waals surface area contributed by atoms with Gasteiger partial charge in [0.25, 0.3) is 0 Å². The van der Waals surface area contributed by atoms with Gasteiger partial charge in [-0.1, -0.05) is 0 Å². The lowest BCUT2D eigenvalue weighted by molar-refractivity contribution is -0.349. The van der Waals surface area contributed by atoms with Gasteiger partial charge >= 0.3 is 18.0 Å². The van der Waals surface area contributed by atoms with Gasteiger partial charge in [0.15, 0.2) is 0 Å². The zero-order valence-corrected chi connectivity index (χ0v) is 11.1. The van der Waals surface area contributed by atoms with E-state index in [0.29, 0.717) is 18.9 Å². The minimum Gasteiger partial charge on any atom is -0.327 e. The monoisotopic (exact) mass is 344 g/mol. The Balaban J connectivity index is 2.28. The molecular weight excluding hydrogens is 336 g/mol. The standard InChI is InChI=1S/C13H8F8N2/c14-8-4-9-10(23(5-22-9)6-1-2-6)3-7(8)11(15,12(16,17)18)13(19,20)21/h3-6H,1-2H2. The van der Waals surface area contributed by atoms with Gasteiger partial charge in [0.2, 0.25) is 0 Å². The van der Waals surface area contributed by atoms with E-state index in [9.17, 15) is 35.1 Å². The topological polar surface area (TPSA) is 17.8 Å². The van der Waals surface area contributed by atoms with Crippen LogP contribution >= 0.6 is 0 Å². The number of fused-ring (bicyclic) bond motifs is 1. The summed E-state index contributed by atoms with van der Waals surface area (Å²) in [6.07, 6.45) is -10.2. The first-order chi connectivity index (χ1) is 10.5. The quantitative estimate of drug-likeness (QED) is 0.716. The third-order valence-electron chi connectivity index (χ3n) is 3.76. The van der Waals surface area contributed by atoms with Crippen LogP contribution in [0.4, 0.5) is 35.1 Å². The molecule has 1 saturated carbocycles. The van der Waals surface area contributed by atoms with Crippen molar-refractivity contribution >= 4 is 11.0 Å². The van der Waals surface area contributed by atoms with Crippen molar-refractivity contribution < 1.29 is 35.1 Å². The first kappa shape index (κ1) is 16.0. The molecule has 0 atom stereocenters. The summed E-state index contributed by atoms with van der Waals surface area (Å²) in [5.74, 6) is -1.95. The van der Waals surface area contributed by atoms with Crippen molar-refractivity contribution in [3.8, 4) is 0 Å². The number of aromatic nitrogens is 2. The average molecular weight is 344 g/mol. The molecule has 10 heteroatoms. The molecule has 1 aliphatic rings. The Morgan fingerprint density at radius 1 is 0.957 bits per heavy atom. The maximum Gasteiger partial charge on any atom is 0.436 e. The Morgan fingerprint density at radius 3 is 2.00 bits per heavy atom. The third kappa shape index (κ3) is 2.26. The number of hydrogen-bond acceptors (Lipinski definition) is 1. The van der Waals surface area contributed by atoms with Crippen molar-refractivity contribution in [3.05, 3.63) is 29.8 Å². The molecule has 0 bridgehead atoms. The fourth-order valence-corrected chi connectivity index (χ4v) is 2.42. The van der Waals surface area contributed by atoms with Gasteiger partial charge in [-0.05, 0) is 18.9 Å². The van der Waals surface area contributed by atoms with Gasteiger partial charge in [-0.3, -0.25) is 0 Å². The Labute approximate surface area is 123 Å². The summed E-state index contributed by atoms with van der Waals surface area (Å²) in [6, 6.07) is 0.496. The van der Waals surface area contributed by atoms with Crippen molar-refractivity contribution in [2.24, 2.45) is 0 Å². The molecule has 23 heavy (non-hydrogen) atoms. The van der Waals surface area contributed by atoms with Crippen molar-refractivity contribution in [3.63, 3.8) is 0 Å². The molecule has 0 radical (unpaired) electrons. The summed E-state index contributed by atoms with van der Waals surface area (Å²) in [6.45, 7) is 0. The van der Waals surface area contributed by atoms with Gasteiger partial charge < -0.3 is 4.57 Å². The molecule has 1 aliphatic carbocycles. The summed E-state index contributed by atoms with van der Waals surface area (Å²) in [4.78, 5) is 3.73. The highest BCUT2D eigenvalue weighted by Gasteiger charge is 2.74. The van der Waals surface area contributed by atoms with E-state index in [1.807, 2.05) is 0 Å². The minimum atomic E-state index is -6.36. The van der Waals surface area contributed by atoms with Crippen LogP contribution in [0.15, 0.2) is 18.5 Å². The van der Waals surface area contributed by atoms with Crippen LogP contribution in [0.5, 0.6) is 0 Å². The number of rotatable bonds is 2. The van der Waals surface area contributed by atoms with Crippen LogP contribution < -0.4 is 0 Å². The first-order valence-corrected chi connectivity index (χ1v) is 6.45. The second-order valence-corrected chi connectivity index (χ2v) is 5.36. The van der Waals surface area contributed by atoms with Crippen LogP contribution in [0.25, 0.3) is 11.0 Å². The number of alkyl halides is 7. The summed E-state index contributed by atoms with van der Waals surface area (Å²) in [5.41, 5.74) is -8.20. The Hall–Kier alpha value is -1.87. The van der Waals surface area contributed by atoms with E-state index in [-0.39, 0.29) is 23.1 Å². The number of nitrogens with zero attached hydrogens (tertiary/aromatic N) is 2. The lowest BCUT2D eigenvalue weighted by atomic mass is 9.93. The zero-order valence-electron chi connectivity index (χ0n) is 11.1. The molecule has 1 fully saturated rings. The summed E-state index contributed by atoms with van der Waals surface area (Å²) >= 11 is 0. The van der Waals surface area contributed by atoms with Gasteiger partial charge in [-0.25, -0.2) is 13.8 Å². The number of halogens is 8. The predicted octanol–water partition coefficient (Wildman–Crippen LogP) is 4.80. The predicted molar refractivity (Wildman–Crippen MR) is 62.9 cm³/mol.